The topological polar surface area (TPSA) is 88.6 Å². The Morgan fingerprint density at radius 3 is 2.94 bits per heavy atom. The second-order valence-electron chi connectivity index (χ2n) is 7.84. The van der Waals surface area contributed by atoms with Crippen LogP contribution in [0.4, 0.5) is 0 Å². The zero-order chi connectivity index (χ0) is 21.8. The fourth-order valence-electron chi connectivity index (χ4n) is 4.48. The first-order valence-electron chi connectivity index (χ1n) is 10.4. The maximum absolute atomic E-state index is 11.2. The average Bonchev–Trinajstić information content (AvgIpc) is 3.38. The number of carbonyl (C=O) groups is 1. The normalized spacial score (nSPS) is 15.8. The summed E-state index contributed by atoms with van der Waals surface area (Å²) in [7, 11) is 0. The Bertz CT molecular complexity index is 1110. The number of hydrogen-bond acceptors (Lipinski definition) is 4. The smallest absolute Gasteiger partial charge is 0.267 e. The van der Waals surface area contributed by atoms with Crippen molar-refractivity contribution in [1.29, 1.82) is 0 Å². The van der Waals surface area contributed by atoms with Crippen molar-refractivity contribution < 1.29 is 15.1 Å². The molecule has 1 heterocycles. The first-order chi connectivity index (χ1) is 15.1. The number of halogens is 1. The molecule has 3 aromatic rings. The number of benzene rings is 2. The van der Waals surface area contributed by atoms with Gasteiger partial charge in [0, 0.05) is 47.3 Å². The first-order valence-corrected chi connectivity index (χ1v) is 10.8. The number of aliphatic hydroxyl groups is 1. The van der Waals surface area contributed by atoms with Crippen LogP contribution in [0.1, 0.15) is 34.7 Å². The molecular formula is C24H26ClN3O3. The van der Waals surface area contributed by atoms with Gasteiger partial charge in [-0.3, -0.25) is 14.9 Å². The van der Waals surface area contributed by atoms with E-state index in [0.29, 0.717) is 6.54 Å². The monoisotopic (exact) mass is 439 g/mol. The molecule has 0 bridgehead atoms. The van der Waals surface area contributed by atoms with Crippen molar-refractivity contribution >= 4 is 34.5 Å². The molecule has 31 heavy (non-hydrogen) atoms. The van der Waals surface area contributed by atoms with Gasteiger partial charge >= 0.3 is 0 Å². The van der Waals surface area contributed by atoms with Crippen LogP contribution < -0.4 is 5.48 Å². The van der Waals surface area contributed by atoms with Crippen molar-refractivity contribution in [2.75, 3.05) is 19.7 Å². The van der Waals surface area contributed by atoms with Crippen molar-refractivity contribution in [2.45, 2.75) is 25.3 Å². The Labute approximate surface area is 186 Å². The molecule has 1 atom stereocenters. The van der Waals surface area contributed by atoms with E-state index in [-0.39, 0.29) is 12.6 Å². The minimum Gasteiger partial charge on any atom is -0.395 e. The summed E-state index contributed by atoms with van der Waals surface area (Å²) in [4.78, 5) is 16.9. The highest BCUT2D eigenvalue weighted by Crippen LogP contribution is 2.36. The van der Waals surface area contributed by atoms with Gasteiger partial charge in [-0.15, -0.1) is 0 Å². The Morgan fingerprint density at radius 1 is 1.26 bits per heavy atom. The van der Waals surface area contributed by atoms with Gasteiger partial charge in [-0.25, -0.2) is 5.48 Å². The molecule has 0 fully saturated rings. The molecule has 162 valence electrons. The highest BCUT2D eigenvalue weighted by Gasteiger charge is 2.27. The first kappa shape index (κ1) is 21.6. The van der Waals surface area contributed by atoms with Crippen LogP contribution in [-0.2, 0) is 17.6 Å². The molecule has 4 N–H and O–H groups in total. The van der Waals surface area contributed by atoms with Crippen molar-refractivity contribution in [1.82, 2.24) is 15.4 Å². The van der Waals surface area contributed by atoms with Crippen LogP contribution in [0.2, 0.25) is 5.02 Å². The summed E-state index contributed by atoms with van der Waals surface area (Å²) in [6.45, 7) is 1.57. The predicted molar refractivity (Wildman–Crippen MR) is 122 cm³/mol. The fraction of sp³-hybridized carbons (Fsp3) is 0.292. The van der Waals surface area contributed by atoms with Crippen LogP contribution in [0.25, 0.3) is 17.0 Å². The number of aromatic amines is 1. The van der Waals surface area contributed by atoms with Crippen LogP contribution in [0.5, 0.6) is 0 Å². The molecule has 6 nitrogen and oxygen atoms in total. The standard InChI is InChI=1S/C24H26ClN3O3/c25-19-4-6-22-21(14-19)18(15-26-22)9-10-28(11-12-29)23-7-3-17-13-16(1-5-20(17)23)2-8-24(30)27-31/h1-2,4-6,8,13-15,23,26,29,31H,3,7,9-12H2,(H,27,30). The second-order valence-corrected chi connectivity index (χ2v) is 8.27. The molecule has 0 saturated carbocycles. The van der Waals surface area contributed by atoms with E-state index in [0.717, 1.165) is 47.3 Å². The zero-order valence-corrected chi connectivity index (χ0v) is 17.9. The number of hydrogen-bond donors (Lipinski definition) is 4. The fourth-order valence-corrected chi connectivity index (χ4v) is 4.65. The summed E-state index contributed by atoms with van der Waals surface area (Å²) in [6.07, 6.45) is 7.86. The highest BCUT2D eigenvalue weighted by atomic mass is 35.5. The number of rotatable bonds is 8. The van der Waals surface area contributed by atoms with Crippen molar-refractivity contribution in [3.63, 3.8) is 0 Å². The van der Waals surface area contributed by atoms with E-state index < -0.39 is 5.91 Å². The molecule has 7 heteroatoms. The summed E-state index contributed by atoms with van der Waals surface area (Å²) >= 11 is 6.18. The van der Waals surface area contributed by atoms with Crippen LogP contribution in [0.15, 0.2) is 48.7 Å². The lowest BCUT2D eigenvalue weighted by atomic mass is 10.0. The van der Waals surface area contributed by atoms with E-state index in [2.05, 4.69) is 22.0 Å². The van der Waals surface area contributed by atoms with Gasteiger partial charge in [0.05, 0.1) is 6.61 Å². The van der Waals surface area contributed by atoms with Crippen LogP contribution >= 0.6 is 11.6 Å². The van der Waals surface area contributed by atoms with Crippen LogP contribution in [0, 0.1) is 0 Å². The molecular weight excluding hydrogens is 414 g/mol. The van der Waals surface area contributed by atoms with E-state index in [4.69, 9.17) is 16.8 Å². The molecule has 1 amide bonds. The highest BCUT2D eigenvalue weighted by molar-refractivity contribution is 6.31. The minimum atomic E-state index is -0.550. The Kier molecular flexibility index (Phi) is 6.73. The summed E-state index contributed by atoms with van der Waals surface area (Å²) in [5, 5.41) is 20.2. The number of amides is 1. The largest absolute Gasteiger partial charge is 0.395 e. The number of hydroxylamine groups is 1. The maximum Gasteiger partial charge on any atom is 0.267 e. The maximum atomic E-state index is 11.2. The van der Waals surface area contributed by atoms with E-state index >= 15 is 0 Å². The number of aliphatic hydroxyl groups excluding tert-OH is 1. The number of nitrogens with one attached hydrogen (secondary N) is 2. The third-order valence-corrected chi connectivity index (χ3v) is 6.21. The lowest BCUT2D eigenvalue weighted by Gasteiger charge is -2.29. The van der Waals surface area contributed by atoms with Gasteiger partial charge in [0.25, 0.3) is 5.91 Å². The molecule has 0 saturated heterocycles. The Balaban J connectivity index is 1.50. The summed E-state index contributed by atoms with van der Waals surface area (Å²) < 4.78 is 0. The summed E-state index contributed by atoms with van der Waals surface area (Å²) in [5.41, 5.74) is 7.36. The molecule has 0 radical (unpaired) electrons. The zero-order valence-electron chi connectivity index (χ0n) is 17.1. The van der Waals surface area contributed by atoms with Gasteiger partial charge in [0.1, 0.15) is 0 Å². The van der Waals surface area contributed by atoms with E-state index in [1.165, 1.54) is 22.8 Å². The quantitative estimate of drug-likeness (QED) is 0.244. The number of aromatic nitrogens is 1. The minimum absolute atomic E-state index is 0.114. The molecule has 1 aromatic heterocycles. The molecule has 0 aliphatic heterocycles. The molecule has 1 aliphatic carbocycles. The number of nitrogens with zero attached hydrogens (tertiary/aromatic N) is 1. The Morgan fingerprint density at radius 2 is 2.13 bits per heavy atom. The second kappa shape index (κ2) is 9.66. The van der Waals surface area contributed by atoms with Crippen molar-refractivity contribution in [2.24, 2.45) is 0 Å². The van der Waals surface area contributed by atoms with Gasteiger partial charge in [0.2, 0.25) is 0 Å². The third kappa shape index (κ3) is 4.83. The molecule has 2 aromatic carbocycles. The molecule has 0 spiro atoms. The van der Waals surface area contributed by atoms with Gasteiger partial charge < -0.3 is 10.1 Å². The van der Waals surface area contributed by atoms with Crippen LogP contribution in [-0.4, -0.2) is 45.8 Å². The van der Waals surface area contributed by atoms with E-state index in [9.17, 15) is 9.90 Å². The van der Waals surface area contributed by atoms with Crippen molar-refractivity contribution in [3.05, 3.63) is 75.9 Å². The van der Waals surface area contributed by atoms with Gasteiger partial charge in [-0.05, 0) is 65.8 Å². The van der Waals surface area contributed by atoms with Crippen molar-refractivity contribution in [3.8, 4) is 0 Å². The van der Waals surface area contributed by atoms with E-state index in [1.807, 2.05) is 30.5 Å². The average molecular weight is 440 g/mol. The van der Waals surface area contributed by atoms with Gasteiger partial charge in [0.15, 0.2) is 0 Å². The van der Waals surface area contributed by atoms with E-state index in [1.54, 1.807) is 11.6 Å². The number of fused-ring (bicyclic) bond motifs is 2. The molecule has 1 aliphatic rings. The number of carbonyl (C=O) groups excluding carboxylic acids is 1. The SMILES string of the molecule is O=C(C=Cc1ccc2c(c1)CCC2N(CCO)CCc1c[nH]c2ccc(Cl)cc12)NO. The third-order valence-electron chi connectivity index (χ3n) is 5.98. The lowest BCUT2D eigenvalue weighted by molar-refractivity contribution is -0.124. The number of H-pyrrole nitrogens is 1. The lowest BCUT2D eigenvalue weighted by Crippen LogP contribution is -2.32. The predicted octanol–water partition coefficient (Wildman–Crippen LogP) is 3.86. The number of aryl methyl sites for hydroxylation is 1. The van der Waals surface area contributed by atoms with Gasteiger partial charge in [-0.2, -0.15) is 0 Å². The summed E-state index contributed by atoms with van der Waals surface area (Å²) in [6, 6.07) is 12.3. The molecule has 1 unspecified atom stereocenters. The summed E-state index contributed by atoms with van der Waals surface area (Å²) in [5.74, 6) is -0.550. The Hall–Kier alpha value is -2.64. The van der Waals surface area contributed by atoms with Crippen LogP contribution in [0.3, 0.4) is 0 Å². The van der Waals surface area contributed by atoms with Gasteiger partial charge in [-0.1, -0.05) is 29.8 Å². The molecule has 4 rings (SSSR count).